The van der Waals surface area contributed by atoms with Crippen LogP contribution >= 0.6 is 0 Å². The maximum atomic E-state index is 5.99. The fourth-order valence-corrected chi connectivity index (χ4v) is 1.65. The number of ether oxygens (including phenoxy) is 1. The molecule has 4 heteroatoms. The van der Waals surface area contributed by atoms with Crippen molar-refractivity contribution in [2.24, 2.45) is 16.6 Å². The summed E-state index contributed by atoms with van der Waals surface area (Å²) in [6, 6.07) is 0. The van der Waals surface area contributed by atoms with E-state index in [1.54, 1.807) is 7.05 Å². The van der Waals surface area contributed by atoms with Gasteiger partial charge in [-0.3, -0.25) is 4.99 Å². The van der Waals surface area contributed by atoms with Crippen LogP contribution in [0.25, 0.3) is 0 Å². The molecule has 0 bridgehead atoms. The van der Waals surface area contributed by atoms with Crippen LogP contribution in [0.15, 0.2) is 16.6 Å². The number of nitrogens with two attached hydrogens (primary N) is 1. The van der Waals surface area contributed by atoms with Gasteiger partial charge >= 0.3 is 0 Å². The summed E-state index contributed by atoms with van der Waals surface area (Å²) in [5, 5.41) is 0. The van der Waals surface area contributed by atoms with Gasteiger partial charge in [-0.15, -0.1) is 0 Å². The highest BCUT2D eigenvalue weighted by Gasteiger charge is 2.25. The van der Waals surface area contributed by atoms with E-state index in [1.807, 2.05) is 14.1 Å². The molecule has 0 heterocycles. The Morgan fingerprint density at radius 2 is 2.00 bits per heavy atom. The minimum Gasteiger partial charge on any atom is -0.384 e. The third kappa shape index (κ3) is 6.73. The molecule has 19 heavy (non-hydrogen) atoms. The van der Waals surface area contributed by atoms with Gasteiger partial charge in [0.1, 0.15) is 5.84 Å². The minimum absolute atomic E-state index is 0.204. The van der Waals surface area contributed by atoms with Gasteiger partial charge in [0.25, 0.3) is 0 Å². The van der Waals surface area contributed by atoms with Crippen LogP contribution < -0.4 is 5.73 Å². The molecule has 0 rings (SSSR count). The first-order valence-electron chi connectivity index (χ1n) is 6.96. The van der Waals surface area contributed by atoms with Crippen molar-refractivity contribution in [2.45, 2.75) is 39.7 Å². The Morgan fingerprint density at radius 3 is 2.42 bits per heavy atom. The molecule has 0 aliphatic heterocycles. The third-order valence-corrected chi connectivity index (χ3v) is 3.51. The number of amidine groups is 1. The highest BCUT2D eigenvalue weighted by Crippen LogP contribution is 2.24. The van der Waals surface area contributed by atoms with E-state index in [0.29, 0.717) is 5.84 Å². The molecule has 0 aliphatic rings. The van der Waals surface area contributed by atoms with Gasteiger partial charge < -0.3 is 15.4 Å². The lowest BCUT2D eigenvalue weighted by Crippen LogP contribution is -2.35. The van der Waals surface area contributed by atoms with Crippen molar-refractivity contribution in [3.63, 3.8) is 0 Å². The molecular weight excluding hydrogens is 238 g/mol. The average molecular weight is 269 g/mol. The van der Waals surface area contributed by atoms with Crippen LogP contribution in [0.2, 0.25) is 0 Å². The third-order valence-electron chi connectivity index (χ3n) is 3.51. The summed E-state index contributed by atoms with van der Waals surface area (Å²) in [6.45, 7) is 10.2. The summed E-state index contributed by atoms with van der Waals surface area (Å²) in [6.07, 6.45) is 3.07. The molecule has 0 aromatic carbocycles. The Balaban J connectivity index is 4.68. The summed E-state index contributed by atoms with van der Waals surface area (Å²) < 4.78 is 5.99. The lowest BCUT2D eigenvalue weighted by molar-refractivity contribution is -0.0467. The van der Waals surface area contributed by atoms with Crippen LogP contribution in [0.5, 0.6) is 0 Å². The smallest absolute Gasteiger partial charge is 0.120 e. The minimum atomic E-state index is -0.204. The fourth-order valence-electron chi connectivity index (χ4n) is 1.65. The Kier molecular flexibility index (Phi) is 7.95. The maximum Gasteiger partial charge on any atom is 0.120 e. The molecular formula is C15H31N3O. The van der Waals surface area contributed by atoms with Crippen LogP contribution in [-0.4, -0.2) is 50.6 Å². The predicted molar refractivity (Wildman–Crippen MR) is 83.7 cm³/mol. The summed E-state index contributed by atoms with van der Waals surface area (Å²) in [5.74, 6) is 0.906. The monoisotopic (exact) mass is 269 g/mol. The largest absolute Gasteiger partial charge is 0.384 e. The van der Waals surface area contributed by atoms with E-state index in [2.05, 4.69) is 43.7 Å². The van der Waals surface area contributed by atoms with Crippen molar-refractivity contribution in [1.29, 1.82) is 0 Å². The molecule has 0 saturated carbocycles. The normalized spacial score (nSPS) is 16.0. The molecule has 0 aliphatic carbocycles. The molecule has 0 amide bonds. The van der Waals surface area contributed by atoms with Crippen molar-refractivity contribution >= 4 is 5.84 Å². The van der Waals surface area contributed by atoms with E-state index in [-0.39, 0.29) is 11.5 Å². The molecule has 2 N–H and O–H groups in total. The fraction of sp³-hybridized carbons (Fsp3) is 0.800. The SMILES string of the molecule is CC/C(=C\C(C)C(C)(C)OCCN(C)C)C(N)=NC. The second kappa shape index (κ2) is 8.33. The van der Waals surface area contributed by atoms with Gasteiger partial charge in [-0.05, 0) is 39.9 Å². The standard InChI is InChI=1S/C15H31N3O/c1-8-13(14(16)17-5)11-12(2)15(3,4)19-10-9-18(6)7/h11-12H,8-10H2,1-7H3,(H2,16,17)/b13-11+. The van der Waals surface area contributed by atoms with Gasteiger partial charge in [-0.2, -0.15) is 0 Å². The predicted octanol–water partition coefficient (Wildman–Crippen LogP) is 2.30. The number of rotatable bonds is 8. The Morgan fingerprint density at radius 1 is 1.42 bits per heavy atom. The zero-order valence-corrected chi connectivity index (χ0v) is 13.7. The maximum absolute atomic E-state index is 5.99. The van der Waals surface area contributed by atoms with Crippen LogP contribution in [0.1, 0.15) is 34.1 Å². The van der Waals surface area contributed by atoms with Gasteiger partial charge in [0.15, 0.2) is 0 Å². The van der Waals surface area contributed by atoms with E-state index in [1.165, 1.54) is 0 Å². The van der Waals surface area contributed by atoms with Gasteiger partial charge in [-0.1, -0.05) is 19.9 Å². The van der Waals surface area contributed by atoms with Crippen molar-refractivity contribution in [1.82, 2.24) is 4.90 Å². The lowest BCUT2D eigenvalue weighted by atomic mass is 9.90. The van der Waals surface area contributed by atoms with E-state index in [0.717, 1.165) is 25.1 Å². The van der Waals surface area contributed by atoms with E-state index >= 15 is 0 Å². The van der Waals surface area contributed by atoms with Crippen molar-refractivity contribution in [3.05, 3.63) is 11.6 Å². The van der Waals surface area contributed by atoms with Gasteiger partial charge in [-0.25, -0.2) is 0 Å². The van der Waals surface area contributed by atoms with Gasteiger partial charge in [0, 0.05) is 19.5 Å². The highest BCUT2D eigenvalue weighted by molar-refractivity contribution is 5.96. The van der Waals surface area contributed by atoms with Gasteiger partial charge in [0.05, 0.1) is 12.2 Å². The Bertz CT molecular complexity index is 319. The summed E-state index contributed by atoms with van der Waals surface area (Å²) in [5.41, 5.74) is 6.79. The van der Waals surface area contributed by atoms with E-state index in [9.17, 15) is 0 Å². The quantitative estimate of drug-likeness (QED) is 0.543. The first-order valence-corrected chi connectivity index (χ1v) is 6.96. The number of aliphatic imine (C=N–C) groups is 1. The number of hydrogen-bond donors (Lipinski definition) is 1. The topological polar surface area (TPSA) is 50.9 Å². The van der Waals surface area contributed by atoms with Crippen LogP contribution in [0, 0.1) is 5.92 Å². The molecule has 0 aromatic rings. The number of nitrogens with zero attached hydrogens (tertiary/aromatic N) is 2. The van der Waals surface area contributed by atoms with Gasteiger partial charge in [0.2, 0.25) is 0 Å². The molecule has 0 radical (unpaired) electrons. The number of hydrogen-bond acceptors (Lipinski definition) is 3. The average Bonchev–Trinajstić information content (AvgIpc) is 2.33. The summed E-state index contributed by atoms with van der Waals surface area (Å²) >= 11 is 0. The molecule has 1 atom stereocenters. The molecule has 4 nitrogen and oxygen atoms in total. The Hall–Kier alpha value is -0.870. The van der Waals surface area contributed by atoms with Crippen LogP contribution in [0.3, 0.4) is 0 Å². The molecule has 0 spiro atoms. The van der Waals surface area contributed by atoms with Crippen LogP contribution in [0.4, 0.5) is 0 Å². The first-order chi connectivity index (χ1) is 8.74. The second-order valence-corrected chi connectivity index (χ2v) is 5.70. The lowest BCUT2D eigenvalue weighted by Gasteiger charge is -2.31. The Labute approximate surface area is 118 Å². The van der Waals surface area contributed by atoms with Crippen LogP contribution in [-0.2, 0) is 4.74 Å². The molecule has 112 valence electrons. The van der Waals surface area contributed by atoms with E-state index in [4.69, 9.17) is 10.5 Å². The molecule has 0 aromatic heterocycles. The van der Waals surface area contributed by atoms with Crippen molar-refractivity contribution in [3.8, 4) is 0 Å². The van der Waals surface area contributed by atoms with E-state index < -0.39 is 0 Å². The molecule has 0 saturated heterocycles. The molecule has 0 fully saturated rings. The number of likely N-dealkylation sites (N-methyl/N-ethyl adjacent to an activating group) is 1. The summed E-state index contributed by atoms with van der Waals surface area (Å²) in [4.78, 5) is 6.18. The van der Waals surface area contributed by atoms with Crippen molar-refractivity contribution in [2.75, 3.05) is 34.3 Å². The second-order valence-electron chi connectivity index (χ2n) is 5.70. The highest BCUT2D eigenvalue weighted by atomic mass is 16.5. The zero-order chi connectivity index (χ0) is 15.1. The zero-order valence-electron chi connectivity index (χ0n) is 13.7. The molecule has 1 unspecified atom stereocenters. The first kappa shape index (κ1) is 18.1. The van der Waals surface area contributed by atoms with Crippen molar-refractivity contribution < 1.29 is 4.74 Å². The summed E-state index contributed by atoms with van der Waals surface area (Å²) in [7, 11) is 5.82.